The van der Waals surface area contributed by atoms with Crippen LogP contribution in [0.2, 0.25) is 0 Å². The lowest BCUT2D eigenvalue weighted by atomic mass is 9.97. The largest absolute Gasteiger partial charge is 0.351 e. The van der Waals surface area contributed by atoms with Gasteiger partial charge in [0.15, 0.2) is 0 Å². The van der Waals surface area contributed by atoms with Crippen molar-refractivity contribution < 1.29 is 4.79 Å². The number of carbonyl (C=O) groups excluding carboxylic acids is 1. The predicted molar refractivity (Wildman–Crippen MR) is 78.8 cm³/mol. The van der Waals surface area contributed by atoms with Crippen LogP contribution in [-0.2, 0) is 0 Å². The molecule has 94 valence electrons. The second-order valence-electron chi connectivity index (χ2n) is 4.96. The van der Waals surface area contributed by atoms with Crippen molar-refractivity contribution >= 4 is 37.8 Å². The molecule has 0 spiro atoms. The molecule has 0 saturated heterocycles. The summed E-state index contributed by atoms with van der Waals surface area (Å²) in [5, 5.41) is 3.81. The number of alkyl halides is 1. The van der Waals surface area contributed by atoms with Crippen LogP contribution in [0.5, 0.6) is 0 Å². The van der Waals surface area contributed by atoms with Crippen molar-refractivity contribution in [1.29, 1.82) is 0 Å². The summed E-state index contributed by atoms with van der Waals surface area (Å²) in [6, 6.07) is 5.73. The molecular formula is C13H17Br2NO. The number of aryl methyl sites for hydroxylation is 1. The van der Waals surface area contributed by atoms with Gasteiger partial charge < -0.3 is 5.32 Å². The number of hydrogen-bond acceptors (Lipinski definition) is 1. The zero-order chi connectivity index (χ0) is 13.1. The van der Waals surface area contributed by atoms with E-state index in [1.807, 2.05) is 25.1 Å². The van der Waals surface area contributed by atoms with Gasteiger partial charge in [0, 0.05) is 16.3 Å². The summed E-state index contributed by atoms with van der Waals surface area (Å²) in [7, 11) is 0. The standard InChI is InChI=1S/C13H17Br2NO/c1-9-4-5-10(11(15)6-9)12(17)16-8-13(2,3)7-14/h4-6H,7-8H2,1-3H3,(H,16,17). The van der Waals surface area contributed by atoms with Gasteiger partial charge >= 0.3 is 0 Å². The first-order chi connectivity index (χ1) is 7.85. The van der Waals surface area contributed by atoms with Crippen molar-refractivity contribution in [3.8, 4) is 0 Å². The Balaban J connectivity index is 2.71. The van der Waals surface area contributed by atoms with E-state index >= 15 is 0 Å². The molecule has 0 aliphatic heterocycles. The number of nitrogens with one attached hydrogen (secondary N) is 1. The molecular weight excluding hydrogens is 346 g/mol. The van der Waals surface area contributed by atoms with Crippen LogP contribution >= 0.6 is 31.9 Å². The number of benzene rings is 1. The number of carbonyl (C=O) groups is 1. The van der Waals surface area contributed by atoms with Crippen molar-refractivity contribution in [1.82, 2.24) is 5.32 Å². The molecule has 0 atom stereocenters. The van der Waals surface area contributed by atoms with Crippen molar-refractivity contribution in [3.05, 3.63) is 33.8 Å². The number of hydrogen-bond donors (Lipinski definition) is 1. The van der Waals surface area contributed by atoms with Gasteiger partial charge in [0.1, 0.15) is 0 Å². The van der Waals surface area contributed by atoms with Crippen LogP contribution in [0.15, 0.2) is 22.7 Å². The summed E-state index contributed by atoms with van der Waals surface area (Å²) in [5.74, 6) is -0.0362. The van der Waals surface area contributed by atoms with Crippen molar-refractivity contribution in [3.63, 3.8) is 0 Å². The second kappa shape index (κ2) is 6.01. The molecule has 1 N–H and O–H groups in total. The normalized spacial score (nSPS) is 11.4. The summed E-state index contributed by atoms with van der Waals surface area (Å²) < 4.78 is 0.839. The minimum absolute atomic E-state index is 0.0362. The first kappa shape index (κ1) is 14.7. The maximum absolute atomic E-state index is 12.0. The molecule has 0 aliphatic carbocycles. The highest BCUT2D eigenvalue weighted by Gasteiger charge is 2.18. The fraction of sp³-hybridized carbons (Fsp3) is 0.462. The van der Waals surface area contributed by atoms with E-state index in [1.165, 1.54) is 0 Å². The maximum Gasteiger partial charge on any atom is 0.252 e. The van der Waals surface area contributed by atoms with Crippen LogP contribution in [0, 0.1) is 12.3 Å². The fourth-order valence-electron chi connectivity index (χ4n) is 1.27. The minimum atomic E-state index is -0.0362. The minimum Gasteiger partial charge on any atom is -0.351 e. The average Bonchev–Trinajstić information content (AvgIpc) is 2.26. The molecule has 0 unspecified atom stereocenters. The van der Waals surface area contributed by atoms with E-state index in [0.29, 0.717) is 12.1 Å². The molecule has 0 radical (unpaired) electrons. The van der Waals surface area contributed by atoms with Gasteiger partial charge in [-0.25, -0.2) is 0 Å². The Labute approximate surface area is 119 Å². The Bertz CT molecular complexity index is 416. The highest BCUT2D eigenvalue weighted by atomic mass is 79.9. The van der Waals surface area contributed by atoms with Gasteiger partial charge in [-0.15, -0.1) is 0 Å². The quantitative estimate of drug-likeness (QED) is 0.808. The fourth-order valence-corrected chi connectivity index (χ4v) is 2.14. The molecule has 1 rings (SSSR count). The predicted octanol–water partition coefficient (Wildman–Crippen LogP) is 3.91. The molecule has 1 aromatic rings. The van der Waals surface area contributed by atoms with Gasteiger partial charge in [0.05, 0.1) is 5.56 Å². The maximum atomic E-state index is 12.0. The Hall–Kier alpha value is -0.350. The van der Waals surface area contributed by atoms with E-state index in [9.17, 15) is 4.79 Å². The lowest BCUT2D eigenvalue weighted by Gasteiger charge is -2.22. The molecule has 0 aromatic heterocycles. The molecule has 0 aliphatic rings. The van der Waals surface area contributed by atoms with E-state index in [1.54, 1.807) is 0 Å². The van der Waals surface area contributed by atoms with E-state index in [0.717, 1.165) is 15.4 Å². The summed E-state index contributed by atoms with van der Waals surface area (Å²) >= 11 is 6.86. The summed E-state index contributed by atoms with van der Waals surface area (Å²) in [6.45, 7) is 6.86. The number of halogens is 2. The number of rotatable bonds is 4. The van der Waals surface area contributed by atoms with Crippen LogP contribution in [0.1, 0.15) is 29.8 Å². The molecule has 0 bridgehead atoms. The Morgan fingerprint density at radius 2 is 2.06 bits per heavy atom. The van der Waals surface area contributed by atoms with Crippen LogP contribution < -0.4 is 5.32 Å². The first-order valence-electron chi connectivity index (χ1n) is 5.46. The Morgan fingerprint density at radius 3 is 2.59 bits per heavy atom. The third kappa shape index (κ3) is 4.43. The highest BCUT2D eigenvalue weighted by molar-refractivity contribution is 9.10. The van der Waals surface area contributed by atoms with Crippen LogP contribution in [0.25, 0.3) is 0 Å². The van der Waals surface area contributed by atoms with Gasteiger partial charge in [-0.2, -0.15) is 0 Å². The lowest BCUT2D eigenvalue weighted by Crippen LogP contribution is -2.35. The highest BCUT2D eigenvalue weighted by Crippen LogP contribution is 2.20. The van der Waals surface area contributed by atoms with E-state index in [-0.39, 0.29) is 11.3 Å². The van der Waals surface area contributed by atoms with E-state index < -0.39 is 0 Å². The molecule has 0 fully saturated rings. The monoisotopic (exact) mass is 361 g/mol. The molecule has 2 nitrogen and oxygen atoms in total. The summed E-state index contributed by atoms with van der Waals surface area (Å²) in [5.41, 5.74) is 1.88. The van der Waals surface area contributed by atoms with Gasteiger partial charge in [0.25, 0.3) is 5.91 Å². The van der Waals surface area contributed by atoms with E-state index in [4.69, 9.17) is 0 Å². The zero-order valence-electron chi connectivity index (χ0n) is 10.3. The molecule has 1 aromatic carbocycles. The third-order valence-corrected chi connectivity index (χ3v) is 4.63. The van der Waals surface area contributed by atoms with Crippen LogP contribution in [-0.4, -0.2) is 17.8 Å². The Morgan fingerprint density at radius 1 is 1.41 bits per heavy atom. The average molecular weight is 363 g/mol. The summed E-state index contributed by atoms with van der Waals surface area (Å²) in [6.07, 6.45) is 0. The smallest absolute Gasteiger partial charge is 0.252 e. The first-order valence-corrected chi connectivity index (χ1v) is 7.37. The van der Waals surface area contributed by atoms with Gasteiger partial charge in [-0.1, -0.05) is 35.8 Å². The summed E-state index contributed by atoms with van der Waals surface area (Å²) in [4.78, 5) is 12.0. The van der Waals surface area contributed by atoms with Crippen LogP contribution in [0.4, 0.5) is 0 Å². The van der Waals surface area contributed by atoms with E-state index in [2.05, 4.69) is 51.0 Å². The lowest BCUT2D eigenvalue weighted by molar-refractivity contribution is 0.0939. The van der Waals surface area contributed by atoms with Gasteiger partial charge in [0.2, 0.25) is 0 Å². The van der Waals surface area contributed by atoms with Crippen molar-refractivity contribution in [2.24, 2.45) is 5.41 Å². The number of amides is 1. The zero-order valence-corrected chi connectivity index (χ0v) is 13.5. The Kier molecular flexibility index (Phi) is 5.20. The van der Waals surface area contributed by atoms with Gasteiger partial charge in [-0.05, 0) is 46.0 Å². The molecule has 1 amide bonds. The SMILES string of the molecule is Cc1ccc(C(=O)NCC(C)(C)CBr)c(Br)c1. The van der Waals surface area contributed by atoms with Crippen molar-refractivity contribution in [2.75, 3.05) is 11.9 Å². The van der Waals surface area contributed by atoms with Crippen LogP contribution in [0.3, 0.4) is 0 Å². The molecule has 0 heterocycles. The van der Waals surface area contributed by atoms with Gasteiger partial charge in [-0.3, -0.25) is 4.79 Å². The van der Waals surface area contributed by atoms with Crippen molar-refractivity contribution in [2.45, 2.75) is 20.8 Å². The third-order valence-electron chi connectivity index (χ3n) is 2.46. The second-order valence-corrected chi connectivity index (χ2v) is 6.38. The molecule has 0 saturated carbocycles. The molecule has 17 heavy (non-hydrogen) atoms. The molecule has 4 heteroatoms. The topological polar surface area (TPSA) is 29.1 Å².